The zero-order valence-electron chi connectivity index (χ0n) is 15.4. The second-order valence-corrected chi connectivity index (χ2v) is 8.43. The summed E-state index contributed by atoms with van der Waals surface area (Å²) in [4.78, 5) is 29.7. The van der Waals surface area contributed by atoms with Gasteiger partial charge >= 0.3 is 5.97 Å². The number of thiophene rings is 1. The summed E-state index contributed by atoms with van der Waals surface area (Å²) in [6.07, 6.45) is 0.0681. The minimum absolute atomic E-state index is 0.0681. The molecule has 0 unspecified atom stereocenters. The first-order valence-corrected chi connectivity index (χ1v) is 10.6. The summed E-state index contributed by atoms with van der Waals surface area (Å²) >= 11 is 8.91. The number of ether oxygens (including phenoxy) is 1. The number of benzene rings is 1. The molecular weight excluding hydrogens is 432 g/mol. The predicted molar refractivity (Wildman–Crippen MR) is 114 cm³/mol. The molecule has 148 valence electrons. The van der Waals surface area contributed by atoms with Crippen LogP contribution in [0, 0.1) is 6.92 Å². The number of anilines is 1. The highest BCUT2D eigenvalue weighted by Gasteiger charge is 2.19. The Bertz CT molecular complexity index is 1230. The average molecular weight is 447 g/mol. The Hall–Kier alpha value is -2.75. The largest absolute Gasteiger partial charge is 0.469 e. The van der Waals surface area contributed by atoms with Crippen molar-refractivity contribution in [3.05, 3.63) is 57.0 Å². The van der Waals surface area contributed by atoms with Crippen molar-refractivity contribution in [2.75, 3.05) is 12.4 Å². The summed E-state index contributed by atoms with van der Waals surface area (Å²) in [5, 5.41) is 11.0. The molecule has 4 rings (SSSR count). The monoisotopic (exact) mass is 446 g/mol. The van der Waals surface area contributed by atoms with Gasteiger partial charge in [-0.3, -0.25) is 14.9 Å². The van der Waals surface area contributed by atoms with Crippen molar-refractivity contribution < 1.29 is 14.3 Å². The summed E-state index contributed by atoms with van der Waals surface area (Å²) in [5.74, 6) is -0.646. The number of halogens is 1. The van der Waals surface area contributed by atoms with Crippen molar-refractivity contribution in [3.63, 3.8) is 0 Å². The van der Waals surface area contributed by atoms with Crippen molar-refractivity contribution in [3.8, 4) is 5.69 Å². The lowest BCUT2D eigenvalue weighted by Crippen LogP contribution is -2.10. The second-order valence-electron chi connectivity index (χ2n) is 6.13. The summed E-state index contributed by atoms with van der Waals surface area (Å²) in [7, 11) is 1.32. The number of esters is 1. The maximum absolute atomic E-state index is 12.7. The molecule has 0 saturated heterocycles. The maximum atomic E-state index is 12.7. The van der Waals surface area contributed by atoms with E-state index in [4.69, 9.17) is 11.6 Å². The molecule has 0 aliphatic rings. The van der Waals surface area contributed by atoms with Crippen LogP contribution in [0.5, 0.6) is 0 Å². The number of carbonyl (C=O) groups excluding carboxylic acids is 2. The van der Waals surface area contributed by atoms with E-state index in [1.165, 1.54) is 29.8 Å². The van der Waals surface area contributed by atoms with Gasteiger partial charge in [0.15, 0.2) is 5.13 Å². The van der Waals surface area contributed by atoms with E-state index >= 15 is 0 Å². The molecule has 1 N–H and O–H groups in total. The molecule has 7 nitrogen and oxygen atoms in total. The van der Waals surface area contributed by atoms with Gasteiger partial charge < -0.3 is 4.74 Å². The highest BCUT2D eigenvalue weighted by Crippen LogP contribution is 2.33. The third kappa shape index (κ3) is 3.89. The molecule has 1 aromatic carbocycles. The molecule has 1 amide bonds. The molecule has 4 aromatic rings. The van der Waals surface area contributed by atoms with Crippen LogP contribution < -0.4 is 5.32 Å². The van der Waals surface area contributed by atoms with Crippen molar-refractivity contribution in [2.45, 2.75) is 13.3 Å². The van der Waals surface area contributed by atoms with Crippen LogP contribution in [0.15, 0.2) is 35.7 Å². The molecule has 10 heteroatoms. The van der Waals surface area contributed by atoms with Gasteiger partial charge in [0.2, 0.25) is 0 Å². The Morgan fingerprint density at radius 1 is 1.31 bits per heavy atom. The van der Waals surface area contributed by atoms with Gasteiger partial charge in [0.1, 0.15) is 4.83 Å². The summed E-state index contributed by atoms with van der Waals surface area (Å²) in [6, 6.07) is 9.24. The van der Waals surface area contributed by atoms with Gasteiger partial charge in [0.25, 0.3) is 5.91 Å². The van der Waals surface area contributed by atoms with Crippen LogP contribution in [0.3, 0.4) is 0 Å². The number of hydrogen-bond donors (Lipinski definition) is 1. The van der Waals surface area contributed by atoms with Crippen LogP contribution in [0.2, 0.25) is 5.02 Å². The highest BCUT2D eigenvalue weighted by atomic mass is 35.5. The molecule has 0 bridgehead atoms. The van der Waals surface area contributed by atoms with Gasteiger partial charge in [-0.2, -0.15) is 5.10 Å². The van der Waals surface area contributed by atoms with Gasteiger partial charge in [0, 0.05) is 10.8 Å². The second kappa shape index (κ2) is 7.94. The van der Waals surface area contributed by atoms with E-state index in [1.54, 1.807) is 16.1 Å². The molecule has 0 saturated carbocycles. The fraction of sp³-hybridized carbons (Fsp3) is 0.158. The Labute approximate surface area is 178 Å². The minimum atomic E-state index is -0.378. The number of amides is 1. The maximum Gasteiger partial charge on any atom is 0.311 e. The van der Waals surface area contributed by atoms with E-state index in [1.807, 2.05) is 31.2 Å². The molecule has 0 aliphatic carbocycles. The number of thiazole rings is 1. The number of para-hydroxylation sites is 1. The smallest absolute Gasteiger partial charge is 0.311 e. The van der Waals surface area contributed by atoms with Crippen molar-refractivity contribution in [2.24, 2.45) is 0 Å². The van der Waals surface area contributed by atoms with Gasteiger partial charge in [-0.05, 0) is 25.1 Å². The predicted octanol–water partition coefficient (Wildman–Crippen LogP) is 4.47. The third-order valence-electron chi connectivity index (χ3n) is 4.17. The number of nitrogens with one attached hydrogen (secondary N) is 1. The van der Waals surface area contributed by atoms with Crippen LogP contribution in [0.1, 0.15) is 21.1 Å². The van der Waals surface area contributed by atoms with E-state index in [-0.39, 0.29) is 18.3 Å². The van der Waals surface area contributed by atoms with Crippen LogP contribution in [0.4, 0.5) is 5.13 Å². The first-order chi connectivity index (χ1) is 14.0. The normalized spacial score (nSPS) is 11.0. The van der Waals surface area contributed by atoms with Crippen molar-refractivity contribution >= 4 is 61.5 Å². The molecule has 29 heavy (non-hydrogen) atoms. The van der Waals surface area contributed by atoms with E-state index in [0.717, 1.165) is 21.6 Å². The van der Waals surface area contributed by atoms with Crippen LogP contribution in [-0.4, -0.2) is 33.8 Å². The quantitative estimate of drug-likeness (QED) is 0.457. The van der Waals surface area contributed by atoms with Gasteiger partial charge in [0.05, 0.1) is 40.5 Å². The van der Waals surface area contributed by atoms with Crippen LogP contribution in [-0.2, 0) is 16.0 Å². The molecular formula is C19H15ClN4O3S2. The topological polar surface area (TPSA) is 86.1 Å². The molecule has 0 aliphatic heterocycles. The van der Waals surface area contributed by atoms with Gasteiger partial charge in [-0.15, -0.1) is 22.7 Å². The summed E-state index contributed by atoms with van der Waals surface area (Å²) in [6.45, 7) is 1.89. The fourth-order valence-corrected chi connectivity index (χ4v) is 4.76. The van der Waals surface area contributed by atoms with Crippen LogP contribution >= 0.6 is 34.3 Å². The molecule has 0 atom stereocenters. The number of nitrogens with zero attached hydrogens (tertiary/aromatic N) is 3. The molecule has 0 radical (unpaired) electrons. The molecule has 0 fully saturated rings. The fourth-order valence-electron chi connectivity index (χ4n) is 2.77. The number of methoxy groups -OCH3 is 1. The highest BCUT2D eigenvalue weighted by molar-refractivity contribution is 7.20. The average Bonchev–Trinajstić information content (AvgIpc) is 3.39. The zero-order valence-corrected chi connectivity index (χ0v) is 17.8. The number of rotatable bonds is 5. The lowest BCUT2D eigenvalue weighted by molar-refractivity contribution is -0.139. The number of fused-ring (bicyclic) bond motifs is 1. The van der Waals surface area contributed by atoms with Crippen molar-refractivity contribution in [1.29, 1.82) is 0 Å². The van der Waals surface area contributed by atoms with E-state index in [0.29, 0.717) is 20.7 Å². The minimum Gasteiger partial charge on any atom is -0.469 e. The molecule has 0 spiro atoms. The zero-order chi connectivity index (χ0) is 20.5. The van der Waals surface area contributed by atoms with Gasteiger partial charge in [-0.25, -0.2) is 9.67 Å². The van der Waals surface area contributed by atoms with E-state index in [9.17, 15) is 9.59 Å². The summed E-state index contributed by atoms with van der Waals surface area (Å²) < 4.78 is 6.38. The molecule has 3 aromatic heterocycles. The number of hydrogen-bond acceptors (Lipinski definition) is 7. The Morgan fingerprint density at radius 3 is 2.86 bits per heavy atom. The summed E-state index contributed by atoms with van der Waals surface area (Å²) in [5.41, 5.74) is 2.12. The van der Waals surface area contributed by atoms with Gasteiger partial charge in [-0.1, -0.05) is 23.7 Å². The number of aromatic nitrogens is 3. The number of carbonyl (C=O) groups is 2. The Morgan fingerprint density at radius 2 is 2.10 bits per heavy atom. The molecule has 3 heterocycles. The number of aryl methyl sites for hydroxylation is 1. The SMILES string of the molecule is COC(=O)Cc1csc(NC(=O)c2cc3c(C)nn(-c4ccccc4Cl)c3s2)n1. The lowest BCUT2D eigenvalue weighted by atomic mass is 10.3. The van der Waals surface area contributed by atoms with Crippen LogP contribution in [0.25, 0.3) is 15.9 Å². The first-order valence-electron chi connectivity index (χ1n) is 8.53. The lowest BCUT2D eigenvalue weighted by Gasteiger charge is -2.04. The van der Waals surface area contributed by atoms with E-state index < -0.39 is 0 Å². The Balaban J connectivity index is 1.60. The first kappa shape index (κ1) is 19.6. The third-order valence-corrected chi connectivity index (χ3v) is 6.41. The van der Waals surface area contributed by atoms with Crippen molar-refractivity contribution in [1.82, 2.24) is 14.8 Å². The standard InChI is InChI=1S/C19H15ClN4O3S2/c1-10-12-8-15(17(26)22-19-21-11(9-28-19)7-16(25)27-2)29-18(12)24(23-10)14-6-4-3-5-13(14)20/h3-6,8-9H,7H2,1-2H3,(H,21,22,26). The van der Waals surface area contributed by atoms with E-state index in [2.05, 4.69) is 20.1 Å². The Kier molecular flexibility index (Phi) is 5.35.